The molecule has 0 radical (unpaired) electrons. The Morgan fingerprint density at radius 3 is 2.82 bits per heavy atom. The van der Waals surface area contributed by atoms with Gasteiger partial charge in [0.05, 0.1) is 6.54 Å². The van der Waals surface area contributed by atoms with Gasteiger partial charge in [-0.15, -0.1) is 0 Å². The van der Waals surface area contributed by atoms with Crippen molar-refractivity contribution in [1.82, 2.24) is 15.0 Å². The summed E-state index contributed by atoms with van der Waals surface area (Å²) in [7, 11) is 2.06. The van der Waals surface area contributed by atoms with Crippen molar-refractivity contribution in [2.24, 2.45) is 5.92 Å². The Balaban J connectivity index is 1.52. The van der Waals surface area contributed by atoms with Crippen LogP contribution < -0.4 is 9.47 Å². The van der Waals surface area contributed by atoms with Crippen LogP contribution >= 0.6 is 0 Å². The molecular weight excluding hydrogens is 358 g/mol. The van der Waals surface area contributed by atoms with Gasteiger partial charge in [0.15, 0.2) is 11.5 Å². The average molecular weight is 385 g/mol. The molecule has 1 aromatic heterocycles. The zero-order valence-electron chi connectivity index (χ0n) is 16.9. The molecule has 7 nitrogen and oxygen atoms in total. The molecule has 0 saturated carbocycles. The second-order valence-corrected chi connectivity index (χ2v) is 7.95. The molecule has 150 valence electrons. The zero-order valence-corrected chi connectivity index (χ0v) is 16.9. The quantitative estimate of drug-likeness (QED) is 0.788. The molecule has 7 heteroatoms. The fourth-order valence-corrected chi connectivity index (χ4v) is 3.70. The van der Waals surface area contributed by atoms with Crippen LogP contribution in [-0.4, -0.2) is 53.8 Å². The van der Waals surface area contributed by atoms with Gasteiger partial charge in [0.2, 0.25) is 12.7 Å². The summed E-state index contributed by atoms with van der Waals surface area (Å²) >= 11 is 0. The van der Waals surface area contributed by atoms with Crippen molar-refractivity contribution in [3.05, 3.63) is 29.5 Å². The Labute approximate surface area is 165 Å². The highest BCUT2D eigenvalue weighted by Crippen LogP contribution is 2.38. The molecule has 0 saturated heterocycles. The minimum absolute atomic E-state index is 0.0530. The van der Waals surface area contributed by atoms with Crippen LogP contribution in [0.2, 0.25) is 0 Å². The van der Waals surface area contributed by atoms with E-state index in [-0.39, 0.29) is 18.6 Å². The molecule has 2 aliphatic heterocycles. The third-order valence-corrected chi connectivity index (χ3v) is 5.65. The minimum atomic E-state index is -0.0530. The van der Waals surface area contributed by atoms with E-state index in [0.29, 0.717) is 31.3 Å². The van der Waals surface area contributed by atoms with Gasteiger partial charge >= 0.3 is 0 Å². The second-order valence-electron chi connectivity index (χ2n) is 7.95. The number of carbonyl (C=O) groups excluding carboxylic acids is 1. The second kappa shape index (κ2) is 7.47. The van der Waals surface area contributed by atoms with E-state index in [0.717, 1.165) is 34.9 Å². The van der Waals surface area contributed by atoms with Gasteiger partial charge in [-0.2, -0.15) is 0 Å². The van der Waals surface area contributed by atoms with E-state index < -0.39 is 0 Å². The van der Waals surface area contributed by atoms with Crippen LogP contribution in [0, 0.1) is 5.92 Å². The zero-order chi connectivity index (χ0) is 19.8. The van der Waals surface area contributed by atoms with Gasteiger partial charge in [-0.3, -0.25) is 4.79 Å². The number of hydrogen-bond donors (Lipinski definition) is 0. The Morgan fingerprint density at radius 1 is 1.25 bits per heavy atom. The first-order valence-corrected chi connectivity index (χ1v) is 9.80. The van der Waals surface area contributed by atoms with Crippen LogP contribution in [0.5, 0.6) is 11.5 Å². The van der Waals surface area contributed by atoms with E-state index in [2.05, 4.69) is 31.0 Å². The van der Waals surface area contributed by atoms with Gasteiger partial charge in [0.1, 0.15) is 11.5 Å². The number of hydrogen-bond acceptors (Lipinski definition) is 6. The predicted molar refractivity (Wildman–Crippen MR) is 104 cm³/mol. The predicted octanol–water partition coefficient (Wildman–Crippen LogP) is 2.93. The smallest absolute Gasteiger partial charge is 0.231 e. The van der Waals surface area contributed by atoms with Crippen molar-refractivity contribution in [2.45, 2.75) is 39.8 Å². The molecule has 0 aliphatic carbocycles. The van der Waals surface area contributed by atoms with Gasteiger partial charge in [0, 0.05) is 42.6 Å². The van der Waals surface area contributed by atoms with Crippen molar-refractivity contribution in [1.29, 1.82) is 0 Å². The van der Waals surface area contributed by atoms with Gasteiger partial charge in [-0.1, -0.05) is 12.1 Å². The summed E-state index contributed by atoms with van der Waals surface area (Å²) in [6.07, 6.45) is 0.686. The summed E-state index contributed by atoms with van der Waals surface area (Å²) in [5, 5.41) is 4.29. The molecule has 0 bridgehead atoms. The van der Waals surface area contributed by atoms with Crippen molar-refractivity contribution in [3.8, 4) is 22.8 Å². The Kier molecular flexibility index (Phi) is 5.02. The normalized spacial score (nSPS) is 16.6. The number of ether oxygens (including phenoxy) is 2. The lowest BCUT2D eigenvalue weighted by atomic mass is 9.99. The molecule has 1 aromatic carbocycles. The summed E-state index contributed by atoms with van der Waals surface area (Å²) in [6, 6.07) is 6.17. The third kappa shape index (κ3) is 3.46. The molecule has 0 fully saturated rings. The van der Waals surface area contributed by atoms with Crippen molar-refractivity contribution in [3.63, 3.8) is 0 Å². The fourth-order valence-electron chi connectivity index (χ4n) is 3.70. The van der Waals surface area contributed by atoms with Gasteiger partial charge in [-0.25, -0.2) is 0 Å². The molecule has 4 rings (SSSR count). The highest BCUT2D eigenvalue weighted by atomic mass is 16.7. The Hall–Kier alpha value is -2.54. The number of fused-ring (bicyclic) bond motifs is 2. The number of amides is 1. The number of aromatic nitrogens is 1. The number of carbonyl (C=O) groups is 1. The summed E-state index contributed by atoms with van der Waals surface area (Å²) in [5.41, 5.74) is 2.68. The van der Waals surface area contributed by atoms with Crippen LogP contribution in [0.4, 0.5) is 0 Å². The number of rotatable bonds is 5. The lowest BCUT2D eigenvalue weighted by Crippen LogP contribution is -2.43. The maximum Gasteiger partial charge on any atom is 0.231 e. The monoisotopic (exact) mass is 385 g/mol. The molecule has 0 spiro atoms. The van der Waals surface area contributed by atoms with E-state index in [4.69, 9.17) is 14.0 Å². The maximum atomic E-state index is 13.0. The van der Waals surface area contributed by atoms with Gasteiger partial charge in [0.25, 0.3) is 0 Å². The van der Waals surface area contributed by atoms with E-state index >= 15 is 0 Å². The van der Waals surface area contributed by atoms with Crippen molar-refractivity contribution < 1.29 is 18.8 Å². The summed E-state index contributed by atoms with van der Waals surface area (Å²) in [4.78, 5) is 17.1. The van der Waals surface area contributed by atoms with Crippen LogP contribution in [0.25, 0.3) is 11.3 Å². The highest BCUT2D eigenvalue weighted by molar-refractivity contribution is 5.79. The molecule has 2 aromatic rings. The molecule has 3 heterocycles. The lowest BCUT2D eigenvalue weighted by molar-refractivity contribution is -0.136. The first kappa shape index (κ1) is 18.8. The van der Waals surface area contributed by atoms with E-state index in [1.165, 1.54) is 0 Å². The molecular formula is C21H27N3O4. The number of nitrogens with zero attached hydrogens (tertiary/aromatic N) is 3. The highest BCUT2D eigenvalue weighted by Gasteiger charge is 2.30. The minimum Gasteiger partial charge on any atom is -0.454 e. The summed E-state index contributed by atoms with van der Waals surface area (Å²) in [6.45, 7) is 8.45. The van der Waals surface area contributed by atoms with Gasteiger partial charge < -0.3 is 23.8 Å². The first-order chi connectivity index (χ1) is 13.4. The number of benzene rings is 1. The van der Waals surface area contributed by atoms with E-state index in [9.17, 15) is 4.79 Å². The SMILES string of the molecule is CC(C)N(C)C[C@H](C)C(=O)N1CCc2onc(-c3ccc4c(c3)OCO4)c2C1. The van der Waals surface area contributed by atoms with E-state index in [1.807, 2.05) is 30.0 Å². The van der Waals surface area contributed by atoms with Gasteiger partial charge in [-0.05, 0) is 39.1 Å². The summed E-state index contributed by atoms with van der Waals surface area (Å²) < 4.78 is 16.4. The standard InChI is InChI=1S/C21H27N3O4/c1-13(2)23(4)10-14(3)21(25)24-8-7-17-16(11-24)20(22-28-17)15-5-6-18-19(9-15)27-12-26-18/h5-6,9,13-14H,7-8,10-12H2,1-4H3/t14-/m0/s1. The Morgan fingerprint density at radius 2 is 2.04 bits per heavy atom. The molecule has 0 unspecified atom stereocenters. The molecule has 1 amide bonds. The van der Waals surface area contributed by atoms with Crippen LogP contribution in [0.15, 0.2) is 22.7 Å². The lowest BCUT2D eigenvalue weighted by Gasteiger charge is -2.31. The third-order valence-electron chi connectivity index (χ3n) is 5.65. The van der Waals surface area contributed by atoms with Crippen LogP contribution in [0.1, 0.15) is 32.1 Å². The molecule has 0 N–H and O–H groups in total. The van der Waals surface area contributed by atoms with Crippen molar-refractivity contribution in [2.75, 3.05) is 26.9 Å². The largest absolute Gasteiger partial charge is 0.454 e. The van der Waals surface area contributed by atoms with Crippen molar-refractivity contribution >= 4 is 5.91 Å². The Bertz CT molecular complexity index is 877. The average Bonchev–Trinajstić information content (AvgIpc) is 3.32. The molecule has 28 heavy (non-hydrogen) atoms. The van der Waals surface area contributed by atoms with Crippen LogP contribution in [0.3, 0.4) is 0 Å². The topological polar surface area (TPSA) is 68.0 Å². The summed E-state index contributed by atoms with van der Waals surface area (Å²) in [5.74, 6) is 2.44. The first-order valence-electron chi connectivity index (χ1n) is 9.80. The van der Waals surface area contributed by atoms with Crippen LogP contribution in [-0.2, 0) is 17.8 Å². The maximum absolute atomic E-state index is 13.0. The fraction of sp³-hybridized carbons (Fsp3) is 0.524. The molecule has 2 aliphatic rings. The molecule has 1 atom stereocenters. The van der Waals surface area contributed by atoms with E-state index in [1.54, 1.807) is 0 Å².